The van der Waals surface area contributed by atoms with Gasteiger partial charge in [-0.05, 0) is 11.6 Å². The molecule has 1 aromatic rings. The highest BCUT2D eigenvalue weighted by molar-refractivity contribution is 5.90. The van der Waals surface area contributed by atoms with Crippen molar-refractivity contribution in [1.82, 2.24) is 0 Å². The maximum Gasteiger partial charge on any atom is 0.411 e. The van der Waals surface area contributed by atoms with Gasteiger partial charge in [0.25, 0.3) is 0 Å². The van der Waals surface area contributed by atoms with E-state index in [1.54, 1.807) is 12.1 Å². The van der Waals surface area contributed by atoms with E-state index in [1.807, 2.05) is 12.1 Å². The monoisotopic (exact) mass is 235 g/mol. The summed E-state index contributed by atoms with van der Waals surface area (Å²) in [7, 11) is 1.33. The molecule has 1 aromatic carbocycles. The minimum Gasteiger partial charge on any atom is -0.469 e. The smallest absolute Gasteiger partial charge is 0.411 e. The van der Waals surface area contributed by atoms with Crippen LogP contribution in [0.2, 0.25) is 0 Å². The number of hydrogen-bond acceptors (Lipinski definition) is 3. The zero-order chi connectivity index (χ0) is 12.4. The highest BCUT2D eigenvalue weighted by Gasteiger charge is 2.33. The SMILES string of the molecule is COC(=O)CC1CN(C(=O)O)c2ccccc21. The van der Waals surface area contributed by atoms with Gasteiger partial charge < -0.3 is 9.84 Å². The van der Waals surface area contributed by atoms with Crippen molar-refractivity contribution in [2.45, 2.75) is 12.3 Å². The normalized spacial score (nSPS) is 17.7. The van der Waals surface area contributed by atoms with Gasteiger partial charge >= 0.3 is 12.1 Å². The first-order valence-electron chi connectivity index (χ1n) is 5.29. The largest absolute Gasteiger partial charge is 0.469 e. The molecule has 5 nitrogen and oxygen atoms in total. The van der Waals surface area contributed by atoms with E-state index in [2.05, 4.69) is 4.74 Å². The van der Waals surface area contributed by atoms with Crippen molar-refractivity contribution in [2.75, 3.05) is 18.6 Å². The van der Waals surface area contributed by atoms with Crippen molar-refractivity contribution in [3.8, 4) is 0 Å². The highest BCUT2D eigenvalue weighted by Crippen LogP contribution is 2.37. The van der Waals surface area contributed by atoms with E-state index >= 15 is 0 Å². The number of nitrogens with zero attached hydrogens (tertiary/aromatic N) is 1. The van der Waals surface area contributed by atoms with E-state index in [9.17, 15) is 9.59 Å². The van der Waals surface area contributed by atoms with Gasteiger partial charge in [-0.25, -0.2) is 4.79 Å². The molecule has 1 atom stereocenters. The standard InChI is InChI=1S/C12H13NO4/c1-17-11(14)6-8-7-13(12(15)16)10-5-3-2-4-9(8)10/h2-5,8H,6-7H2,1H3,(H,15,16). The Hall–Kier alpha value is -2.04. The van der Waals surface area contributed by atoms with Crippen LogP contribution in [0.5, 0.6) is 0 Å². The first kappa shape index (κ1) is 11.4. The number of anilines is 1. The summed E-state index contributed by atoms with van der Waals surface area (Å²) in [4.78, 5) is 23.6. The third-order valence-electron chi connectivity index (χ3n) is 2.94. The molecule has 1 aliphatic rings. The molecule has 0 aliphatic carbocycles. The second-order valence-electron chi connectivity index (χ2n) is 3.93. The molecule has 0 saturated carbocycles. The molecular weight excluding hydrogens is 222 g/mol. The molecule has 0 saturated heterocycles. The molecule has 5 heteroatoms. The third-order valence-corrected chi connectivity index (χ3v) is 2.94. The first-order chi connectivity index (χ1) is 8.13. The quantitative estimate of drug-likeness (QED) is 0.794. The molecule has 0 spiro atoms. The zero-order valence-corrected chi connectivity index (χ0v) is 9.42. The molecule has 0 aromatic heterocycles. The maximum atomic E-state index is 11.3. The van der Waals surface area contributed by atoms with E-state index in [1.165, 1.54) is 12.0 Å². The molecule has 2 rings (SSSR count). The summed E-state index contributed by atoms with van der Waals surface area (Å²) < 4.78 is 4.62. The number of hydrogen-bond donors (Lipinski definition) is 1. The average Bonchev–Trinajstić information content (AvgIpc) is 2.68. The van der Waals surface area contributed by atoms with Crippen molar-refractivity contribution >= 4 is 17.7 Å². The van der Waals surface area contributed by atoms with Gasteiger partial charge in [0, 0.05) is 12.5 Å². The summed E-state index contributed by atoms with van der Waals surface area (Å²) in [5, 5.41) is 9.08. The average molecular weight is 235 g/mol. The number of ether oxygens (including phenoxy) is 1. The fourth-order valence-electron chi connectivity index (χ4n) is 2.14. The molecule has 1 amide bonds. The van der Waals surface area contributed by atoms with E-state index < -0.39 is 6.09 Å². The maximum absolute atomic E-state index is 11.3. The molecule has 0 bridgehead atoms. The summed E-state index contributed by atoms with van der Waals surface area (Å²) in [5.74, 6) is -0.438. The number of methoxy groups -OCH3 is 1. The minimum atomic E-state index is -0.996. The van der Waals surface area contributed by atoms with Crippen LogP contribution in [-0.4, -0.2) is 30.8 Å². The lowest BCUT2D eigenvalue weighted by atomic mass is 9.98. The lowest BCUT2D eigenvalue weighted by molar-refractivity contribution is -0.141. The molecule has 17 heavy (non-hydrogen) atoms. The fourth-order valence-corrected chi connectivity index (χ4v) is 2.14. The number of carbonyl (C=O) groups is 2. The topological polar surface area (TPSA) is 66.8 Å². The van der Waals surface area contributed by atoms with E-state index in [4.69, 9.17) is 5.11 Å². The van der Waals surface area contributed by atoms with Crippen LogP contribution in [0.3, 0.4) is 0 Å². The van der Waals surface area contributed by atoms with Gasteiger partial charge in [0.15, 0.2) is 0 Å². The molecule has 1 heterocycles. The molecule has 1 N–H and O–H groups in total. The minimum absolute atomic E-state index is 0.116. The lowest BCUT2D eigenvalue weighted by Crippen LogP contribution is -2.28. The Labute approximate surface area is 98.6 Å². The summed E-state index contributed by atoms with van der Waals surface area (Å²) in [6, 6.07) is 7.23. The van der Waals surface area contributed by atoms with E-state index in [0.717, 1.165) is 5.56 Å². The van der Waals surface area contributed by atoms with Crippen molar-refractivity contribution in [3.63, 3.8) is 0 Å². The zero-order valence-electron chi connectivity index (χ0n) is 9.42. The second-order valence-corrected chi connectivity index (χ2v) is 3.93. The summed E-state index contributed by atoms with van der Waals surface area (Å²) in [5.41, 5.74) is 1.55. The van der Waals surface area contributed by atoms with Crippen LogP contribution < -0.4 is 4.90 Å². The van der Waals surface area contributed by atoms with Gasteiger partial charge in [-0.1, -0.05) is 18.2 Å². The van der Waals surface area contributed by atoms with Crippen molar-refractivity contribution in [2.24, 2.45) is 0 Å². The van der Waals surface area contributed by atoms with Crippen LogP contribution in [0.25, 0.3) is 0 Å². The number of carboxylic acid groups (broad SMARTS) is 1. The van der Waals surface area contributed by atoms with Gasteiger partial charge in [0.05, 0.1) is 19.2 Å². The number of para-hydroxylation sites is 1. The van der Waals surface area contributed by atoms with Gasteiger partial charge in [-0.3, -0.25) is 9.69 Å². The highest BCUT2D eigenvalue weighted by atomic mass is 16.5. The number of rotatable bonds is 2. The Morgan fingerprint density at radius 1 is 1.47 bits per heavy atom. The summed E-state index contributed by atoms with van der Waals surface area (Å²) >= 11 is 0. The first-order valence-corrected chi connectivity index (χ1v) is 5.29. The predicted molar refractivity (Wildman–Crippen MR) is 61.2 cm³/mol. The Kier molecular flexibility index (Phi) is 2.99. The molecule has 1 unspecified atom stereocenters. The van der Waals surface area contributed by atoms with Crippen LogP contribution in [0.4, 0.5) is 10.5 Å². The molecule has 0 fully saturated rings. The van der Waals surface area contributed by atoms with Gasteiger partial charge in [0.2, 0.25) is 0 Å². The number of fused-ring (bicyclic) bond motifs is 1. The van der Waals surface area contributed by atoms with E-state index in [0.29, 0.717) is 12.2 Å². The Bertz CT molecular complexity index is 458. The number of amides is 1. The number of benzene rings is 1. The van der Waals surface area contributed by atoms with Gasteiger partial charge in [-0.15, -0.1) is 0 Å². The van der Waals surface area contributed by atoms with Gasteiger partial charge in [0.1, 0.15) is 0 Å². The van der Waals surface area contributed by atoms with Crippen molar-refractivity contribution < 1.29 is 19.4 Å². The Balaban J connectivity index is 2.28. The van der Waals surface area contributed by atoms with Crippen LogP contribution in [0.1, 0.15) is 17.9 Å². The lowest BCUT2D eigenvalue weighted by Gasteiger charge is -2.12. The third kappa shape index (κ3) is 2.08. The number of esters is 1. The summed E-state index contributed by atoms with van der Waals surface area (Å²) in [6.45, 7) is 0.309. The van der Waals surface area contributed by atoms with Crippen LogP contribution in [0, 0.1) is 0 Å². The van der Waals surface area contributed by atoms with Crippen molar-refractivity contribution in [3.05, 3.63) is 29.8 Å². The van der Waals surface area contributed by atoms with Gasteiger partial charge in [-0.2, -0.15) is 0 Å². The van der Waals surface area contributed by atoms with Crippen LogP contribution in [0.15, 0.2) is 24.3 Å². The summed E-state index contributed by atoms with van der Waals surface area (Å²) in [6.07, 6.45) is -0.790. The molecule has 90 valence electrons. The predicted octanol–water partition coefficient (Wildman–Crippen LogP) is 1.83. The Morgan fingerprint density at radius 2 is 2.18 bits per heavy atom. The Morgan fingerprint density at radius 3 is 2.82 bits per heavy atom. The number of carbonyl (C=O) groups excluding carboxylic acids is 1. The van der Waals surface area contributed by atoms with Crippen molar-refractivity contribution in [1.29, 1.82) is 0 Å². The molecule has 1 aliphatic heterocycles. The van der Waals surface area contributed by atoms with E-state index in [-0.39, 0.29) is 18.3 Å². The van der Waals surface area contributed by atoms with Crippen LogP contribution in [-0.2, 0) is 9.53 Å². The molecular formula is C12H13NO4. The second kappa shape index (κ2) is 4.45. The fraction of sp³-hybridized carbons (Fsp3) is 0.333. The molecule has 0 radical (unpaired) electrons. The van der Waals surface area contributed by atoms with Crippen LogP contribution >= 0.6 is 0 Å².